The lowest BCUT2D eigenvalue weighted by Crippen LogP contribution is -2.42. The number of likely N-dealkylation sites (tertiary alicyclic amines) is 1. The number of hydrogen-bond donors (Lipinski definition) is 0. The zero-order valence-electron chi connectivity index (χ0n) is 17.3. The van der Waals surface area contributed by atoms with Crippen LogP contribution in [0.1, 0.15) is 55.8 Å². The van der Waals surface area contributed by atoms with E-state index in [0.29, 0.717) is 30.9 Å². The molecule has 7 nitrogen and oxygen atoms in total. The van der Waals surface area contributed by atoms with Gasteiger partial charge in [0, 0.05) is 18.7 Å². The maximum absolute atomic E-state index is 12.9. The molecule has 0 aromatic heterocycles. The number of carbonyl (C=O) groups is 4. The SMILES string of the molecule is CCOC(=O)[C@H]1CCCN(C(=O)c2ccc(N3C(=O)[C@H]4CCCC[C@H]4C3=O)cc2)C1. The van der Waals surface area contributed by atoms with Crippen molar-refractivity contribution in [3.8, 4) is 0 Å². The van der Waals surface area contributed by atoms with Crippen LogP contribution in [0.25, 0.3) is 0 Å². The van der Waals surface area contributed by atoms with Gasteiger partial charge in [-0.05, 0) is 56.9 Å². The first-order valence-electron chi connectivity index (χ1n) is 10.9. The number of amides is 3. The van der Waals surface area contributed by atoms with E-state index in [1.807, 2.05) is 0 Å². The Morgan fingerprint density at radius 3 is 2.20 bits per heavy atom. The van der Waals surface area contributed by atoms with Crippen LogP contribution < -0.4 is 4.90 Å². The number of imide groups is 1. The van der Waals surface area contributed by atoms with Gasteiger partial charge in [0.25, 0.3) is 5.91 Å². The highest BCUT2D eigenvalue weighted by atomic mass is 16.5. The Kier molecular flexibility index (Phi) is 5.88. The quantitative estimate of drug-likeness (QED) is 0.561. The van der Waals surface area contributed by atoms with Gasteiger partial charge in [-0.1, -0.05) is 12.8 Å². The fraction of sp³-hybridized carbons (Fsp3) is 0.565. The van der Waals surface area contributed by atoms with E-state index in [1.54, 1.807) is 36.1 Å². The minimum absolute atomic E-state index is 0.114. The molecular weight excluding hydrogens is 384 g/mol. The molecule has 2 saturated heterocycles. The highest BCUT2D eigenvalue weighted by Crippen LogP contribution is 2.40. The molecule has 1 saturated carbocycles. The molecular formula is C23H28N2O5. The summed E-state index contributed by atoms with van der Waals surface area (Å²) in [5.41, 5.74) is 1.01. The van der Waals surface area contributed by atoms with Gasteiger partial charge in [0.1, 0.15) is 0 Å². The molecule has 1 aromatic carbocycles. The fourth-order valence-corrected chi connectivity index (χ4v) is 4.97. The summed E-state index contributed by atoms with van der Waals surface area (Å²) in [5, 5.41) is 0. The van der Waals surface area contributed by atoms with Crippen LogP contribution in [0.5, 0.6) is 0 Å². The first-order valence-corrected chi connectivity index (χ1v) is 10.9. The number of piperidine rings is 1. The van der Waals surface area contributed by atoms with Gasteiger partial charge in [-0.25, -0.2) is 0 Å². The maximum atomic E-state index is 12.9. The van der Waals surface area contributed by atoms with Crippen molar-refractivity contribution in [3.05, 3.63) is 29.8 Å². The lowest BCUT2D eigenvalue weighted by molar-refractivity contribution is -0.149. The number of benzene rings is 1. The smallest absolute Gasteiger partial charge is 0.310 e. The largest absolute Gasteiger partial charge is 0.466 e. The minimum Gasteiger partial charge on any atom is -0.466 e. The Morgan fingerprint density at radius 1 is 0.967 bits per heavy atom. The standard InChI is InChI=1S/C23H28N2O5/c1-2-30-23(29)16-6-5-13-24(14-16)20(26)15-9-11-17(12-10-15)25-21(27)18-7-3-4-8-19(18)22(25)28/h9-12,16,18-19H,2-8,13-14H2,1H3/t16-,18-,19+/m0/s1. The van der Waals surface area contributed by atoms with Crippen LogP contribution in [0.2, 0.25) is 0 Å². The monoisotopic (exact) mass is 412 g/mol. The highest BCUT2D eigenvalue weighted by molar-refractivity contribution is 6.22. The number of ether oxygens (including phenoxy) is 1. The van der Waals surface area contributed by atoms with Crippen LogP contribution in [0.3, 0.4) is 0 Å². The zero-order chi connectivity index (χ0) is 21.3. The second-order valence-electron chi connectivity index (χ2n) is 8.40. The lowest BCUT2D eigenvalue weighted by atomic mass is 9.81. The number of fused-ring (bicyclic) bond motifs is 1. The second kappa shape index (κ2) is 8.58. The van der Waals surface area contributed by atoms with Crippen molar-refractivity contribution in [1.29, 1.82) is 0 Å². The predicted molar refractivity (Wildman–Crippen MR) is 110 cm³/mol. The third kappa shape index (κ3) is 3.73. The van der Waals surface area contributed by atoms with Gasteiger partial charge in [-0.15, -0.1) is 0 Å². The number of hydrogen-bond acceptors (Lipinski definition) is 5. The van der Waals surface area contributed by atoms with Gasteiger partial charge in [0.05, 0.1) is 30.0 Å². The van der Waals surface area contributed by atoms with E-state index in [4.69, 9.17) is 4.74 Å². The van der Waals surface area contributed by atoms with Gasteiger partial charge < -0.3 is 9.64 Å². The molecule has 0 spiro atoms. The molecule has 7 heteroatoms. The van der Waals surface area contributed by atoms with Crippen molar-refractivity contribution in [3.63, 3.8) is 0 Å². The molecule has 2 aliphatic heterocycles. The van der Waals surface area contributed by atoms with Gasteiger partial charge in [0.15, 0.2) is 0 Å². The molecule has 160 valence electrons. The molecule has 0 radical (unpaired) electrons. The zero-order valence-corrected chi connectivity index (χ0v) is 17.3. The van der Waals surface area contributed by atoms with Crippen molar-refractivity contribution in [1.82, 2.24) is 4.90 Å². The summed E-state index contributed by atoms with van der Waals surface area (Å²) in [6.45, 7) is 3.06. The normalized spacial score (nSPS) is 26.5. The van der Waals surface area contributed by atoms with E-state index >= 15 is 0 Å². The molecule has 30 heavy (non-hydrogen) atoms. The summed E-state index contributed by atoms with van der Waals surface area (Å²) in [6, 6.07) is 6.67. The van der Waals surface area contributed by atoms with Gasteiger partial charge in [-0.2, -0.15) is 0 Å². The van der Waals surface area contributed by atoms with E-state index in [2.05, 4.69) is 0 Å². The second-order valence-corrected chi connectivity index (χ2v) is 8.40. The van der Waals surface area contributed by atoms with E-state index in [0.717, 1.165) is 38.5 Å². The summed E-state index contributed by atoms with van der Waals surface area (Å²) >= 11 is 0. The third-order valence-electron chi connectivity index (χ3n) is 6.54. The number of carbonyl (C=O) groups excluding carboxylic acids is 4. The van der Waals surface area contributed by atoms with E-state index in [9.17, 15) is 19.2 Å². The van der Waals surface area contributed by atoms with Crippen molar-refractivity contribution in [2.45, 2.75) is 45.4 Å². The Labute approximate surface area is 176 Å². The topological polar surface area (TPSA) is 84.0 Å². The molecule has 3 aliphatic rings. The molecule has 3 atom stereocenters. The Morgan fingerprint density at radius 2 is 1.60 bits per heavy atom. The summed E-state index contributed by atoms with van der Waals surface area (Å²) in [7, 11) is 0. The Bertz CT molecular complexity index is 826. The van der Waals surface area contributed by atoms with E-state index < -0.39 is 0 Å². The molecule has 0 bridgehead atoms. The lowest BCUT2D eigenvalue weighted by Gasteiger charge is -2.31. The minimum atomic E-state index is -0.287. The fourth-order valence-electron chi connectivity index (χ4n) is 4.97. The van der Waals surface area contributed by atoms with Crippen LogP contribution in [0, 0.1) is 17.8 Å². The number of anilines is 1. The van der Waals surface area contributed by atoms with E-state index in [-0.39, 0.29) is 41.4 Å². The summed E-state index contributed by atoms with van der Waals surface area (Å²) in [4.78, 5) is 53.4. The maximum Gasteiger partial charge on any atom is 0.310 e. The molecule has 1 aromatic rings. The number of esters is 1. The molecule has 2 heterocycles. The molecule has 0 unspecified atom stereocenters. The van der Waals surface area contributed by atoms with Crippen molar-refractivity contribution in [2.24, 2.45) is 17.8 Å². The van der Waals surface area contributed by atoms with Crippen molar-refractivity contribution < 1.29 is 23.9 Å². The summed E-state index contributed by atoms with van der Waals surface area (Å²) < 4.78 is 5.10. The Hall–Kier alpha value is -2.70. The van der Waals surface area contributed by atoms with Crippen molar-refractivity contribution >= 4 is 29.4 Å². The van der Waals surface area contributed by atoms with Gasteiger partial charge in [-0.3, -0.25) is 24.1 Å². The first-order chi connectivity index (χ1) is 14.5. The number of rotatable bonds is 4. The van der Waals surface area contributed by atoms with Crippen LogP contribution in [-0.2, 0) is 19.1 Å². The highest BCUT2D eigenvalue weighted by Gasteiger charge is 2.48. The Balaban J connectivity index is 1.46. The third-order valence-corrected chi connectivity index (χ3v) is 6.54. The molecule has 3 amide bonds. The van der Waals surface area contributed by atoms with Crippen LogP contribution in [0.15, 0.2) is 24.3 Å². The first kappa shape index (κ1) is 20.6. The van der Waals surface area contributed by atoms with Crippen LogP contribution in [0.4, 0.5) is 5.69 Å². The average Bonchev–Trinajstić information content (AvgIpc) is 3.04. The van der Waals surface area contributed by atoms with Crippen molar-refractivity contribution in [2.75, 3.05) is 24.6 Å². The van der Waals surface area contributed by atoms with E-state index in [1.165, 1.54) is 4.90 Å². The summed E-state index contributed by atoms with van der Waals surface area (Å²) in [5.74, 6) is -1.30. The molecule has 4 rings (SSSR count). The molecule has 1 aliphatic carbocycles. The van der Waals surface area contributed by atoms with Crippen LogP contribution in [-0.4, -0.2) is 48.3 Å². The predicted octanol–water partition coefficient (Wildman–Crippen LogP) is 2.78. The number of nitrogens with zero attached hydrogens (tertiary/aromatic N) is 2. The average molecular weight is 412 g/mol. The van der Waals surface area contributed by atoms with Gasteiger partial charge >= 0.3 is 5.97 Å². The molecule has 3 fully saturated rings. The van der Waals surface area contributed by atoms with Gasteiger partial charge in [0.2, 0.25) is 11.8 Å². The summed E-state index contributed by atoms with van der Waals surface area (Å²) in [6.07, 6.45) is 5.02. The van der Waals surface area contributed by atoms with Crippen LogP contribution >= 0.6 is 0 Å². The molecule has 0 N–H and O–H groups in total.